The molecule has 1 heterocycles. The zero-order valence-corrected chi connectivity index (χ0v) is 19.6. The molecule has 0 aromatic heterocycles. The average Bonchev–Trinajstić information content (AvgIpc) is 3.23. The second kappa shape index (κ2) is 10.1. The second-order valence-electron chi connectivity index (χ2n) is 9.75. The maximum Gasteiger partial charge on any atom is 0.338 e. The first-order chi connectivity index (χ1) is 14.8. The molecule has 0 bridgehead atoms. The molecule has 1 spiro atoms. The maximum absolute atomic E-state index is 12.7. The molecule has 2 fully saturated rings. The van der Waals surface area contributed by atoms with Gasteiger partial charge in [0.05, 0.1) is 18.8 Å². The van der Waals surface area contributed by atoms with Crippen molar-refractivity contribution in [2.24, 2.45) is 10.8 Å². The van der Waals surface area contributed by atoms with Gasteiger partial charge in [0, 0.05) is 17.3 Å². The Morgan fingerprint density at radius 2 is 1.81 bits per heavy atom. The van der Waals surface area contributed by atoms with Gasteiger partial charge < -0.3 is 14.2 Å². The van der Waals surface area contributed by atoms with Crippen LogP contribution in [0.25, 0.3) is 0 Å². The van der Waals surface area contributed by atoms with Gasteiger partial charge in [0.25, 0.3) is 0 Å². The van der Waals surface area contributed by atoms with Crippen LogP contribution in [0.4, 0.5) is 0 Å². The molecule has 2 atom stereocenters. The predicted molar refractivity (Wildman–Crippen MR) is 124 cm³/mol. The fourth-order valence-electron chi connectivity index (χ4n) is 4.90. The minimum absolute atomic E-state index is 0.152. The van der Waals surface area contributed by atoms with Crippen molar-refractivity contribution in [3.05, 3.63) is 60.2 Å². The van der Waals surface area contributed by atoms with Crippen LogP contribution < -0.4 is 0 Å². The first-order valence-electron chi connectivity index (χ1n) is 11.7. The van der Waals surface area contributed by atoms with Crippen LogP contribution in [0.1, 0.15) is 76.6 Å². The summed E-state index contributed by atoms with van der Waals surface area (Å²) in [5.41, 5.74) is 0.272. The topological polar surface area (TPSA) is 44.8 Å². The van der Waals surface area contributed by atoms with Gasteiger partial charge in [0.1, 0.15) is 6.10 Å². The molecule has 31 heavy (non-hydrogen) atoms. The summed E-state index contributed by atoms with van der Waals surface area (Å²) < 4.78 is 18.1. The molecule has 170 valence electrons. The molecule has 1 aromatic rings. The van der Waals surface area contributed by atoms with E-state index in [4.69, 9.17) is 14.2 Å². The van der Waals surface area contributed by atoms with Gasteiger partial charge in [0.2, 0.25) is 0 Å². The van der Waals surface area contributed by atoms with Crippen molar-refractivity contribution in [1.29, 1.82) is 0 Å². The van der Waals surface area contributed by atoms with Gasteiger partial charge in [0.15, 0.2) is 5.79 Å². The van der Waals surface area contributed by atoms with E-state index in [-0.39, 0.29) is 22.9 Å². The third kappa shape index (κ3) is 5.48. The summed E-state index contributed by atoms with van der Waals surface area (Å²) in [4.78, 5) is 12.7. The first kappa shape index (κ1) is 23.7. The van der Waals surface area contributed by atoms with Crippen LogP contribution in [-0.4, -0.2) is 31.1 Å². The van der Waals surface area contributed by atoms with Crippen molar-refractivity contribution in [3.63, 3.8) is 0 Å². The molecule has 1 saturated heterocycles. The molecule has 4 heteroatoms. The third-order valence-electron chi connectivity index (χ3n) is 6.85. The zero-order chi connectivity index (χ0) is 22.4. The quantitative estimate of drug-likeness (QED) is 0.353. The summed E-state index contributed by atoms with van der Waals surface area (Å²) in [6.45, 7) is 10.0. The van der Waals surface area contributed by atoms with E-state index in [0.29, 0.717) is 18.8 Å². The second-order valence-corrected chi connectivity index (χ2v) is 9.75. The monoisotopic (exact) mass is 426 g/mol. The van der Waals surface area contributed by atoms with Crippen molar-refractivity contribution in [1.82, 2.24) is 0 Å². The van der Waals surface area contributed by atoms with Gasteiger partial charge in [-0.25, -0.2) is 4.79 Å². The molecule has 0 amide bonds. The Morgan fingerprint density at radius 1 is 1.13 bits per heavy atom. The van der Waals surface area contributed by atoms with Crippen molar-refractivity contribution in [2.45, 2.75) is 78.1 Å². The van der Waals surface area contributed by atoms with Crippen molar-refractivity contribution < 1.29 is 19.0 Å². The zero-order valence-electron chi connectivity index (χ0n) is 19.6. The SMILES string of the molecule is CCCC(C)(C)C(/C=C/C=C/[C@]1(C)CCCCC12OCCO2)OC(=O)c1ccccc1. The lowest BCUT2D eigenvalue weighted by Gasteiger charge is -2.46. The van der Waals surface area contributed by atoms with Gasteiger partial charge in [-0.05, 0) is 37.5 Å². The van der Waals surface area contributed by atoms with E-state index in [9.17, 15) is 4.79 Å². The molecular weight excluding hydrogens is 388 g/mol. The summed E-state index contributed by atoms with van der Waals surface area (Å²) in [5.74, 6) is -0.773. The van der Waals surface area contributed by atoms with E-state index in [1.54, 1.807) is 12.1 Å². The lowest BCUT2D eigenvalue weighted by molar-refractivity contribution is -0.235. The predicted octanol–water partition coefficient (Wildman–Crippen LogP) is 6.47. The van der Waals surface area contributed by atoms with Gasteiger partial charge >= 0.3 is 5.97 Å². The molecule has 1 saturated carbocycles. The van der Waals surface area contributed by atoms with Crippen LogP contribution in [0.3, 0.4) is 0 Å². The number of esters is 1. The van der Waals surface area contributed by atoms with Gasteiger partial charge in [-0.2, -0.15) is 0 Å². The van der Waals surface area contributed by atoms with Crippen LogP contribution in [0, 0.1) is 10.8 Å². The number of carbonyl (C=O) groups excluding carboxylic acids is 1. The van der Waals surface area contributed by atoms with Crippen LogP contribution in [0.15, 0.2) is 54.6 Å². The minimum atomic E-state index is -0.490. The Morgan fingerprint density at radius 3 is 2.48 bits per heavy atom. The van der Waals surface area contributed by atoms with Crippen LogP contribution in [-0.2, 0) is 14.2 Å². The highest BCUT2D eigenvalue weighted by molar-refractivity contribution is 5.89. The number of benzene rings is 1. The first-order valence-corrected chi connectivity index (χ1v) is 11.7. The Kier molecular flexibility index (Phi) is 7.77. The Bertz CT molecular complexity index is 774. The minimum Gasteiger partial charge on any atom is -0.454 e. The average molecular weight is 427 g/mol. The number of rotatable bonds is 8. The summed E-state index contributed by atoms with van der Waals surface area (Å²) in [5, 5.41) is 0. The summed E-state index contributed by atoms with van der Waals surface area (Å²) in [6.07, 6.45) is 14.3. The van der Waals surface area contributed by atoms with Gasteiger partial charge in [-0.15, -0.1) is 0 Å². The van der Waals surface area contributed by atoms with E-state index < -0.39 is 5.79 Å². The van der Waals surface area contributed by atoms with Crippen LogP contribution in [0.5, 0.6) is 0 Å². The fraction of sp³-hybridized carbons (Fsp3) is 0.593. The van der Waals surface area contributed by atoms with E-state index in [1.807, 2.05) is 30.4 Å². The molecule has 0 radical (unpaired) electrons. The number of ether oxygens (including phenoxy) is 3. The Balaban J connectivity index is 1.74. The lowest BCUT2D eigenvalue weighted by Crippen LogP contribution is -2.48. The van der Waals surface area contributed by atoms with Gasteiger partial charge in [-0.3, -0.25) is 0 Å². The van der Waals surface area contributed by atoms with Gasteiger partial charge in [-0.1, -0.05) is 77.0 Å². The molecule has 2 aliphatic rings. The Hall–Kier alpha value is -1.91. The molecule has 1 unspecified atom stereocenters. The molecule has 0 N–H and O–H groups in total. The van der Waals surface area contributed by atoms with E-state index in [2.05, 4.69) is 39.8 Å². The van der Waals surface area contributed by atoms with E-state index in [1.165, 1.54) is 6.42 Å². The number of hydrogen-bond acceptors (Lipinski definition) is 4. The molecule has 1 aliphatic carbocycles. The molecule has 3 rings (SSSR count). The highest BCUT2D eigenvalue weighted by atomic mass is 16.7. The molecular formula is C27H38O4. The Labute approximate surface area is 187 Å². The summed E-state index contributed by atoms with van der Waals surface area (Å²) in [6, 6.07) is 9.20. The standard InChI is InChI=1S/C27H38O4/c1-5-16-25(2,3)23(31-24(28)22-13-7-6-8-14-22)15-9-10-17-26(4)18-11-12-19-27(26)29-20-21-30-27/h6-10,13-15,17,23H,5,11-12,16,18-21H2,1-4H3/b15-9+,17-10+/t23?,26-/m1/s1. The summed E-state index contributed by atoms with van der Waals surface area (Å²) in [7, 11) is 0. The van der Waals surface area contributed by atoms with Crippen molar-refractivity contribution in [3.8, 4) is 0 Å². The molecule has 1 aromatic carbocycles. The normalized spacial score (nSPS) is 24.8. The third-order valence-corrected chi connectivity index (χ3v) is 6.85. The maximum atomic E-state index is 12.7. The smallest absolute Gasteiger partial charge is 0.338 e. The summed E-state index contributed by atoms with van der Waals surface area (Å²) >= 11 is 0. The highest BCUT2D eigenvalue weighted by Crippen LogP contribution is 2.50. The lowest BCUT2D eigenvalue weighted by atomic mass is 9.70. The van der Waals surface area contributed by atoms with E-state index in [0.717, 1.165) is 32.1 Å². The largest absolute Gasteiger partial charge is 0.454 e. The van der Waals surface area contributed by atoms with Crippen molar-refractivity contribution in [2.75, 3.05) is 13.2 Å². The van der Waals surface area contributed by atoms with Crippen molar-refractivity contribution >= 4 is 5.97 Å². The number of hydrogen-bond donors (Lipinski definition) is 0. The molecule has 1 aliphatic heterocycles. The highest BCUT2D eigenvalue weighted by Gasteiger charge is 2.52. The fourth-order valence-corrected chi connectivity index (χ4v) is 4.90. The van der Waals surface area contributed by atoms with Crippen LogP contribution >= 0.6 is 0 Å². The van der Waals surface area contributed by atoms with E-state index >= 15 is 0 Å². The number of carbonyl (C=O) groups is 1. The number of allylic oxidation sites excluding steroid dienone is 2. The van der Waals surface area contributed by atoms with Crippen LogP contribution in [0.2, 0.25) is 0 Å². The molecule has 4 nitrogen and oxygen atoms in total.